The van der Waals surface area contributed by atoms with Crippen LogP contribution >= 0.6 is 15.9 Å². The predicted molar refractivity (Wildman–Crippen MR) is 83.7 cm³/mol. The largest absolute Gasteiger partial charge is 0.496 e. The Hall–Kier alpha value is -0.620. The van der Waals surface area contributed by atoms with E-state index in [1.54, 1.807) is 7.11 Å². The number of hydrogen-bond acceptors (Lipinski definition) is 4. The molecule has 0 aliphatic carbocycles. The fourth-order valence-electron chi connectivity index (χ4n) is 2.81. The van der Waals surface area contributed by atoms with Gasteiger partial charge in [-0.05, 0) is 56.4 Å². The van der Waals surface area contributed by atoms with Crippen LogP contribution in [0, 0.1) is 0 Å². The summed E-state index contributed by atoms with van der Waals surface area (Å²) in [5, 5.41) is 0. The van der Waals surface area contributed by atoms with Crippen molar-refractivity contribution in [3.8, 4) is 5.75 Å². The molecule has 0 amide bonds. The van der Waals surface area contributed by atoms with Crippen molar-refractivity contribution in [1.29, 1.82) is 0 Å². The van der Waals surface area contributed by atoms with Crippen molar-refractivity contribution in [2.75, 3.05) is 13.7 Å². The van der Waals surface area contributed by atoms with E-state index >= 15 is 0 Å². The Morgan fingerprint density at radius 1 is 1.50 bits per heavy atom. The summed E-state index contributed by atoms with van der Waals surface area (Å²) in [4.78, 5) is 0. The van der Waals surface area contributed by atoms with Crippen LogP contribution in [-0.2, 0) is 11.2 Å². The molecule has 5 heteroatoms. The van der Waals surface area contributed by atoms with Gasteiger partial charge in [0.2, 0.25) is 0 Å². The van der Waals surface area contributed by atoms with Gasteiger partial charge in [0.1, 0.15) is 5.75 Å². The lowest BCUT2D eigenvalue weighted by molar-refractivity contribution is -0.0885. The van der Waals surface area contributed by atoms with Gasteiger partial charge in [-0.3, -0.25) is 11.3 Å². The van der Waals surface area contributed by atoms with E-state index in [4.69, 9.17) is 15.3 Å². The second-order valence-corrected chi connectivity index (χ2v) is 6.41. The first kappa shape index (κ1) is 15.8. The lowest BCUT2D eigenvalue weighted by Crippen LogP contribution is -2.55. The molecular formula is C15H23BrN2O2. The molecule has 2 atom stereocenters. The highest BCUT2D eigenvalue weighted by atomic mass is 79.9. The molecule has 112 valence electrons. The van der Waals surface area contributed by atoms with Crippen LogP contribution in [-0.4, -0.2) is 25.4 Å². The van der Waals surface area contributed by atoms with Gasteiger partial charge in [-0.1, -0.05) is 15.9 Å². The van der Waals surface area contributed by atoms with Crippen molar-refractivity contribution in [2.24, 2.45) is 5.84 Å². The van der Waals surface area contributed by atoms with Gasteiger partial charge in [0, 0.05) is 11.1 Å². The van der Waals surface area contributed by atoms with E-state index in [2.05, 4.69) is 34.3 Å². The van der Waals surface area contributed by atoms with Gasteiger partial charge in [0.25, 0.3) is 0 Å². The number of ether oxygens (including phenoxy) is 2. The average molecular weight is 343 g/mol. The minimum Gasteiger partial charge on any atom is -0.496 e. The normalized spacial score (nSPS) is 24.4. The van der Waals surface area contributed by atoms with Gasteiger partial charge in [-0.15, -0.1) is 0 Å². The minimum atomic E-state index is -0.222. The summed E-state index contributed by atoms with van der Waals surface area (Å²) in [6.45, 7) is 2.95. The highest BCUT2D eigenvalue weighted by Gasteiger charge is 2.36. The Morgan fingerprint density at radius 3 is 2.90 bits per heavy atom. The lowest BCUT2D eigenvalue weighted by Gasteiger charge is -2.40. The van der Waals surface area contributed by atoms with Gasteiger partial charge >= 0.3 is 0 Å². The summed E-state index contributed by atoms with van der Waals surface area (Å²) < 4.78 is 12.5. The number of hydrazine groups is 1. The number of nitrogens with two attached hydrogens (primary N) is 1. The van der Waals surface area contributed by atoms with Crippen LogP contribution in [0.1, 0.15) is 31.7 Å². The van der Waals surface area contributed by atoms with Crippen LogP contribution in [0.5, 0.6) is 5.75 Å². The topological polar surface area (TPSA) is 56.5 Å². The summed E-state index contributed by atoms with van der Waals surface area (Å²) in [6, 6.07) is 6.09. The number of nitrogens with one attached hydrogen (secondary N) is 1. The molecule has 0 radical (unpaired) electrons. The van der Waals surface area contributed by atoms with Crippen molar-refractivity contribution in [3.63, 3.8) is 0 Å². The molecule has 4 nitrogen and oxygen atoms in total. The lowest BCUT2D eigenvalue weighted by atomic mass is 9.85. The zero-order valence-electron chi connectivity index (χ0n) is 12.1. The smallest absolute Gasteiger partial charge is 0.122 e. The van der Waals surface area contributed by atoms with E-state index in [0.29, 0.717) is 0 Å². The first-order chi connectivity index (χ1) is 9.59. The molecule has 0 aromatic heterocycles. The van der Waals surface area contributed by atoms with Gasteiger partial charge in [-0.2, -0.15) is 0 Å². The van der Waals surface area contributed by atoms with Crippen LogP contribution in [0.2, 0.25) is 0 Å². The van der Waals surface area contributed by atoms with Gasteiger partial charge in [0.05, 0.1) is 18.8 Å². The molecule has 1 aromatic rings. The SMILES string of the molecule is COc1ccc(Br)cc1CC(NN)C1(C)CCCCO1. The molecule has 2 unspecified atom stereocenters. The van der Waals surface area contributed by atoms with Crippen molar-refractivity contribution in [3.05, 3.63) is 28.2 Å². The maximum absolute atomic E-state index is 6.00. The Bertz CT molecular complexity index is 447. The molecule has 1 saturated heterocycles. The third kappa shape index (κ3) is 3.52. The number of rotatable bonds is 5. The molecule has 2 rings (SSSR count). The first-order valence-electron chi connectivity index (χ1n) is 7.01. The van der Waals surface area contributed by atoms with Gasteiger partial charge < -0.3 is 9.47 Å². The molecule has 1 aromatic carbocycles. The highest BCUT2D eigenvalue weighted by Crippen LogP contribution is 2.32. The molecular weight excluding hydrogens is 320 g/mol. The molecule has 3 N–H and O–H groups in total. The van der Waals surface area contributed by atoms with Crippen LogP contribution in [0.3, 0.4) is 0 Å². The van der Waals surface area contributed by atoms with E-state index in [-0.39, 0.29) is 11.6 Å². The monoisotopic (exact) mass is 342 g/mol. The standard InChI is InChI=1S/C15H23BrN2O2/c1-15(7-3-4-8-20-15)14(18-17)10-11-9-12(16)5-6-13(11)19-2/h5-6,9,14,18H,3-4,7-8,10,17H2,1-2H3. The molecule has 20 heavy (non-hydrogen) atoms. The van der Waals surface area contributed by atoms with Gasteiger partial charge in [0.15, 0.2) is 0 Å². The van der Waals surface area contributed by atoms with Crippen LogP contribution in [0.4, 0.5) is 0 Å². The highest BCUT2D eigenvalue weighted by molar-refractivity contribution is 9.10. The molecule has 0 saturated carbocycles. The number of methoxy groups -OCH3 is 1. The summed E-state index contributed by atoms with van der Waals surface area (Å²) in [6.07, 6.45) is 4.12. The van der Waals surface area contributed by atoms with Crippen LogP contribution in [0.25, 0.3) is 0 Å². The van der Waals surface area contributed by atoms with Crippen molar-refractivity contribution >= 4 is 15.9 Å². The van der Waals surface area contributed by atoms with E-state index in [1.807, 2.05) is 12.1 Å². The second-order valence-electron chi connectivity index (χ2n) is 5.50. The van der Waals surface area contributed by atoms with E-state index in [9.17, 15) is 0 Å². The Morgan fingerprint density at radius 2 is 2.30 bits per heavy atom. The second kappa shape index (κ2) is 6.89. The first-order valence-corrected chi connectivity index (χ1v) is 7.81. The van der Waals surface area contributed by atoms with E-state index in [1.165, 1.54) is 6.42 Å². The molecule has 1 heterocycles. The third-order valence-corrected chi connectivity index (χ3v) is 4.60. The van der Waals surface area contributed by atoms with Crippen LogP contribution < -0.4 is 16.0 Å². The number of benzene rings is 1. The average Bonchev–Trinajstić information content (AvgIpc) is 2.45. The predicted octanol–water partition coefficient (Wildman–Crippen LogP) is 2.79. The summed E-state index contributed by atoms with van der Waals surface area (Å²) in [7, 11) is 1.69. The molecule has 1 aliphatic heterocycles. The van der Waals surface area contributed by atoms with Crippen LogP contribution in [0.15, 0.2) is 22.7 Å². The molecule has 1 aliphatic rings. The van der Waals surface area contributed by atoms with E-state index < -0.39 is 0 Å². The Balaban J connectivity index is 2.19. The summed E-state index contributed by atoms with van der Waals surface area (Å²) in [5.41, 5.74) is 3.84. The molecule has 1 fully saturated rings. The zero-order valence-corrected chi connectivity index (χ0v) is 13.7. The maximum atomic E-state index is 6.00. The fraction of sp³-hybridized carbons (Fsp3) is 0.600. The van der Waals surface area contributed by atoms with Gasteiger partial charge in [-0.25, -0.2) is 0 Å². The fourth-order valence-corrected chi connectivity index (χ4v) is 3.22. The summed E-state index contributed by atoms with van der Waals surface area (Å²) in [5.74, 6) is 6.67. The quantitative estimate of drug-likeness (QED) is 0.638. The van der Waals surface area contributed by atoms with Crippen molar-refractivity contribution in [2.45, 2.75) is 44.2 Å². The maximum Gasteiger partial charge on any atom is 0.122 e. The minimum absolute atomic E-state index is 0.0611. The summed E-state index contributed by atoms with van der Waals surface area (Å²) >= 11 is 3.51. The molecule has 0 bridgehead atoms. The Kier molecular flexibility index (Phi) is 5.43. The third-order valence-electron chi connectivity index (χ3n) is 4.10. The molecule has 0 spiro atoms. The zero-order chi connectivity index (χ0) is 14.6. The van der Waals surface area contributed by atoms with Crippen molar-refractivity contribution < 1.29 is 9.47 Å². The van der Waals surface area contributed by atoms with E-state index in [0.717, 1.165) is 41.7 Å². The van der Waals surface area contributed by atoms with Crippen molar-refractivity contribution in [1.82, 2.24) is 5.43 Å². The number of halogens is 1. The number of hydrogen-bond donors (Lipinski definition) is 2. The Labute approximate surface area is 129 Å².